The number of unbranched alkanes of at least 4 members (excludes halogenated alkanes) is 2. The number of fused-ring (bicyclic) bond motifs is 2. The lowest BCUT2D eigenvalue weighted by Crippen LogP contribution is -2.70. The lowest BCUT2D eigenvalue weighted by molar-refractivity contribution is -0.258. The zero-order valence-electron chi connectivity index (χ0n) is 37.5. The highest BCUT2D eigenvalue weighted by Gasteiger charge is 2.66. The third-order valence-corrected chi connectivity index (χ3v) is 12.2. The number of aliphatic hydroxyl groups is 3. The quantitative estimate of drug-likeness (QED) is 0.0510. The Morgan fingerprint density at radius 3 is 2.38 bits per heavy atom. The molecule has 15 heteroatoms. The predicted octanol–water partition coefficient (Wildman–Crippen LogP) is 6.99. The van der Waals surface area contributed by atoms with Gasteiger partial charge in [-0.15, -0.1) is 6.58 Å². The van der Waals surface area contributed by atoms with Gasteiger partial charge in [-0.2, -0.15) is 0 Å². The van der Waals surface area contributed by atoms with Crippen molar-refractivity contribution in [3.8, 4) is 23.0 Å². The second-order valence-corrected chi connectivity index (χ2v) is 17.7. The summed E-state index contributed by atoms with van der Waals surface area (Å²) in [6.07, 6.45) is 9.35. The number of methoxy groups -OCH3 is 2. The fourth-order valence-corrected chi connectivity index (χ4v) is 9.36. The van der Waals surface area contributed by atoms with Crippen LogP contribution in [0.25, 0.3) is 0 Å². The van der Waals surface area contributed by atoms with Crippen LogP contribution in [0.4, 0.5) is 10.5 Å². The maximum atomic E-state index is 14.6. The van der Waals surface area contributed by atoms with Crippen molar-refractivity contribution >= 4 is 23.4 Å². The molecule has 15 nitrogen and oxygen atoms in total. The highest BCUT2D eigenvalue weighted by molar-refractivity contribution is 6.03. The summed E-state index contributed by atoms with van der Waals surface area (Å²) >= 11 is 0. The molecule has 63 heavy (non-hydrogen) atoms. The van der Waals surface area contributed by atoms with E-state index in [9.17, 15) is 24.9 Å². The summed E-state index contributed by atoms with van der Waals surface area (Å²) in [5, 5.41) is 37.1. The van der Waals surface area contributed by atoms with Gasteiger partial charge >= 0.3 is 6.09 Å². The van der Waals surface area contributed by atoms with Crippen LogP contribution in [0, 0.1) is 23.7 Å². The lowest BCUT2D eigenvalue weighted by Gasteiger charge is -2.60. The van der Waals surface area contributed by atoms with Crippen LogP contribution in [0.1, 0.15) is 90.0 Å². The molecule has 2 amide bonds. The highest BCUT2D eigenvalue weighted by Crippen LogP contribution is 2.62. The van der Waals surface area contributed by atoms with Crippen LogP contribution in [0.5, 0.6) is 23.0 Å². The molecular weight excluding hydrogens is 811 g/mol. The van der Waals surface area contributed by atoms with E-state index in [0.29, 0.717) is 41.5 Å². The molecule has 0 radical (unpaired) electrons. The Bertz CT molecular complexity index is 1940. The van der Waals surface area contributed by atoms with Gasteiger partial charge in [-0.3, -0.25) is 10.1 Å². The summed E-state index contributed by atoms with van der Waals surface area (Å²) in [6, 6.07) is 9.68. The molecule has 2 aromatic carbocycles. The minimum absolute atomic E-state index is 0.0115. The number of ether oxygens (including phenoxy) is 6. The van der Waals surface area contributed by atoms with E-state index in [1.54, 1.807) is 43.5 Å². The molecule has 3 aliphatic carbocycles. The number of anilines is 1. The third kappa shape index (κ3) is 11.4. The van der Waals surface area contributed by atoms with E-state index in [0.717, 1.165) is 49.7 Å². The van der Waals surface area contributed by atoms with E-state index in [1.807, 2.05) is 31.7 Å². The van der Waals surface area contributed by atoms with Gasteiger partial charge in [-0.25, -0.2) is 4.79 Å². The molecule has 0 saturated heterocycles. The highest BCUT2D eigenvalue weighted by atomic mass is 16.7. The number of rotatable bonds is 23. The standard InChI is InChI=1S/C48H67N3O12/c1-7-24-60-48-42(51(20-25-59-26-23-54)45(55)31-14-15-31)30-39(50-63-47(2,3)4)36-27-32(12-8-10-21-52)35(13-9-11-22-53)43(44(36)48)37-28-34(17-19-40(37)62-48)61-46(56)49-38-18-16-33(57-5)29-41(38)58-6/h7,16-19,27-29,31-32,35,42-44,52-54H,1,8-15,20-26,30H2,2-6H3,(H,49,56). The maximum absolute atomic E-state index is 14.6. The minimum atomic E-state index is -1.45. The number of aliphatic hydroxyl groups excluding tert-OH is 3. The van der Waals surface area contributed by atoms with Crippen molar-refractivity contribution in [2.45, 2.75) is 102 Å². The number of carbonyl (C=O) groups excluding carboxylic acids is 2. The minimum Gasteiger partial charge on any atom is -0.497 e. The van der Waals surface area contributed by atoms with E-state index in [1.165, 1.54) is 7.11 Å². The topological polar surface area (TPSA) is 187 Å². The Morgan fingerprint density at radius 1 is 0.968 bits per heavy atom. The van der Waals surface area contributed by atoms with Crippen molar-refractivity contribution in [2.75, 3.05) is 65.7 Å². The number of carbonyl (C=O) groups is 2. The van der Waals surface area contributed by atoms with Gasteiger partial charge in [0.05, 0.1) is 58.0 Å². The molecule has 6 rings (SSSR count). The second-order valence-electron chi connectivity index (χ2n) is 17.7. The number of oxime groups is 1. The number of nitrogens with one attached hydrogen (secondary N) is 1. The average molecular weight is 878 g/mol. The number of hydrogen-bond acceptors (Lipinski definition) is 13. The Morgan fingerprint density at radius 2 is 1.71 bits per heavy atom. The van der Waals surface area contributed by atoms with Gasteiger partial charge in [-0.05, 0) is 107 Å². The largest absolute Gasteiger partial charge is 0.497 e. The normalized spacial score (nSPS) is 24.3. The van der Waals surface area contributed by atoms with Gasteiger partial charge in [0, 0.05) is 49.6 Å². The van der Waals surface area contributed by atoms with Crippen LogP contribution in [0.15, 0.2) is 65.9 Å². The molecule has 0 aromatic heterocycles. The summed E-state index contributed by atoms with van der Waals surface area (Å²) in [7, 11) is 3.05. The molecule has 6 atom stereocenters. The molecule has 0 bridgehead atoms. The zero-order chi connectivity index (χ0) is 45.1. The van der Waals surface area contributed by atoms with Crippen LogP contribution in [-0.2, 0) is 19.1 Å². The Balaban J connectivity index is 1.53. The van der Waals surface area contributed by atoms with Crippen molar-refractivity contribution in [3.63, 3.8) is 0 Å². The molecular formula is C48H67N3O12. The average Bonchev–Trinajstić information content (AvgIpc) is 4.12. The van der Waals surface area contributed by atoms with Crippen LogP contribution < -0.4 is 24.3 Å². The monoisotopic (exact) mass is 877 g/mol. The number of amides is 2. The lowest BCUT2D eigenvalue weighted by atomic mass is 9.55. The van der Waals surface area contributed by atoms with Crippen molar-refractivity contribution in [2.24, 2.45) is 28.8 Å². The van der Waals surface area contributed by atoms with Crippen LogP contribution in [0.2, 0.25) is 0 Å². The van der Waals surface area contributed by atoms with Crippen molar-refractivity contribution in [1.82, 2.24) is 4.90 Å². The van der Waals surface area contributed by atoms with E-state index >= 15 is 0 Å². The molecule has 6 unspecified atom stereocenters. The SMILES string of the molecule is C=CCOC12Oc3ccc(OC(=O)Nc4ccc(OC)cc4OC)cc3C3C(CCCCO)C(CCCCO)C=C(C(=NOC(C)(C)C)CC1N(CCOCCO)C(=O)C1CC1)C32. The first kappa shape index (κ1) is 47.8. The molecule has 1 heterocycles. The van der Waals surface area contributed by atoms with Gasteiger partial charge in [0.1, 0.15) is 34.6 Å². The van der Waals surface area contributed by atoms with Gasteiger partial charge in [0.15, 0.2) is 0 Å². The molecule has 346 valence electrons. The van der Waals surface area contributed by atoms with Gasteiger partial charge in [0.25, 0.3) is 0 Å². The van der Waals surface area contributed by atoms with Gasteiger partial charge in [0.2, 0.25) is 11.7 Å². The summed E-state index contributed by atoms with van der Waals surface area (Å²) < 4.78 is 36.9. The number of hydrogen-bond donors (Lipinski definition) is 4. The maximum Gasteiger partial charge on any atom is 0.417 e. The third-order valence-electron chi connectivity index (χ3n) is 12.2. The van der Waals surface area contributed by atoms with Gasteiger partial charge < -0.3 is 53.5 Å². The first-order chi connectivity index (χ1) is 30.4. The smallest absolute Gasteiger partial charge is 0.417 e. The molecule has 2 fully saturated rings. The molecule has 2 aromatic rings. The van der Waals surface area contributed by atoms with Crippen molar-refractivity contribution < 1.29 is 58.2 Å². The zero-order valence-corrected chi connectivity index (χ0v) is 37.5. The molecule has 2 saturated carbocycles. The van der Waals surface area contributed by atoms with Crippen LogP contribution in [-0.4, -0.2) is 116 Å². The number of allylic oxidation sites excluding steroid dienone is 1. The molecule has 4 aliphatic rings. The van der Waals surface area contributed by atoms with Crippen LogP contribution in [0.3, 0.4) is 0 Å². The Labute approximate surface area is 371 Å². The van der Waals surface area contributed by atoms with Crippen molar-refractivity contribution in [3.05, 3.63) is 66.3 Å². The first-order valence-corrected chi connectivity index (χ1v) is 22.4. The van der Waals surface area contributed by atoms with E-state index in [-0.39, 0.29) is 87.9 Å². The first-order valence-electron chi connectivity index (χ1n) is 22.4. The van der Waals surface area contributed by atoms with Crippen molar-refractivity contribution in [1.29, 1.82) is 0 Å². The summed E-state index contributed by atoms with van der Waals surface area (Å²) in [5.74, 6) is -0.730. The van der Waals surface area contributed by atoms with E-state index < -0.39 is 29.4 Å². The molecule has 1 aliphatic heterocycles. The Hall–Kier alpha value is -4.67. The summed E-state index contributed by atoms with van der Waals surface area (Å²) in [6.45, 7) is 10.5. The second kappa shape index (κ2) is 21.8. The van der Waals surface area contributed by atoms with E-state index in [2.05, 4.69) is 18.0 Å². The Kier molecular flexibility index (Phi) is 16.5. The van der Waals surface area contributed by atoms with Gasteiger partial charge in [-0.1, -0.05) is 30.1 Å². The van der Waals surface area contributed by atoms with Crippen LogP contribution >= 0.6 is 0 Å². The fraction of sp³-hybridized carbons (Fsp3) is 0.604. The number of benzene rings is 2. The van der Waals surface area contributed by atoms with E-state index in [4.69, 9.17) is 38.4 Å². The molecule has 4 N–H and O–H groups in total. The summed E-state index contributed by atoms with van der Waals surface area (Å²) in [4.78, 5) is 36.2. The number of nitrogens with zero attached hydrogens (tertiary/aromatic N) is 2. The predicted molar refractivity (Wildman–Crippen MR) is 237 cm³/mol. The fourth-order valence-electron chi connectivity index (χ4n) is 9.36. The summed E-state index contributed by atoms with van der Waals surface area (Å²) in [5.41, 5.74) is 2.16. The molecule has 0 spiro atoms.